The number of hydrogen-bond acceptors (Lipinski definition) is 4. The van der Waals surface area contributed by atoms with Gasteiger partial charge in [0, 0.05) is 16.1 Å². The van der Waals surface area contributed by atoms with Gasteiger partial charge in [0.15, 0.2) is 0 Å². The molecule has 0 aromatic heterocycles. The number of rotatable bonds is 5. The SMILES string of the molecule is C[C@H]1SC(c2ccccc2)=C[C@H](c2ccccc2)[C@@H]1C(=O)N1C(=O)OC[C@@H]1Cc1ccccc1. The Morgan fingerprint density at radius 2 is 1.56 bits per heavy atom. The van der Waals surface area contributed by atoms with E-state index in [-0.39, 0.29) is 35.6 Å². The van der Waals surface area contributed by atoms with Crippen molar-refractivity contribution in [1.29, 1.82) is 0 Å². The molecule has 2 amide bonds. The molecule has 34 heavy (non-hydrogen) atoms. The van der Waals surface area contributed by atoms with E-state index in [0.29, 0.717) is 6.42 Å². The van der Waals surface area contributed by atoms with E-state index in [2.05, 4.69) is 37.3 Å². The summed E-state index contributed by atoms with van der Waals surface area (Å²) in [4.78, 5) is 29.3. The van der Waals surface area contributed by atoms with Crippen LogP contribution in [0.4, 0.5) is 4.79 Å². The van der Waals surface area contributed by atoms with Gasteiger partial charge >= 0.3 is 6.09 Å². The Morgan fingerprint density at radius 3 is 2.24 bits per heavy atom. The number of benzene rings is 3. The molecule has 5 rings (SSSR count). The fourth-order valence-electron chi connectivity index (χ4n) is 4.90. The summed E-state index contributed by atoms with van der Waals surface area (Å²) in [6, 6.07) is 30.0. The lowest BCUT2D eigenvalue weighted by Crippen LogP contribution is -2.47. The lowest BCUT2D eigenvalue weighted by atomic mass is 9.81. The molecule has 1 fully saturated rings. The highest BCUT2D eigenvalue weighted by molar-refractivity contribution is 8.08. The van der Waals surface area contributed by atoms with Crippen LogP contribution in [0.2, 0.25) is 0 Å². The number of carbonyl (C=O) groups is 2. The van der Waals surface area contributed by atoms with Crippen molar-refractivity contribution in [3.05, 3.63) is 114 Å². The van der Waals surface area contributed by atoms with Crippen LogP contribution >= 0.6 is 11.8 Å². The summed E-state index contributed by atoms with van der Waals surface area (Å²) in [6.45, 7) is 2.32. The summed E-state index contributed by atoms with van der Waals surface area (Å²) in [6.07, 6.45) is 2.26. The zero-order valence-electron chi connectivity index (χ0n) is 19.0. The number of hydrogen-bond donors (Lipinski definition) is 0. The van der Waals surface area contributed by atoms with Crippen LogP contribution in [-0.2, 0) is 16.0 Å². The van der Waals surface area contributed by atoms with Crippen LogP contribution in [0, 0.1) is 5.92 Å². The molecule has 5 heteroatoms. The van der Waals surface area contributed by atoms with E-state index in [9.17, 15) is 9.59 Å². The third-order valence-electron chi connectivity index (χ3n) is 6.58. The van der Waals surface area contributed by atoms with Crippen molar-refractivity contribution in [3.63, 3.8) is 0 Å². The van der Waals surface area contributed by atoms with Crippen molar-refractivity contribution in [1.82, 2.24) is 4.90 Å². The summed E-state index contributed by atoms with van der Waals surface area (Å²) in [7, 11) is 0. The van der Waals surface area contributed by atoms with Crippen LogP contribution in [0.15, 0.2) is 97.1 Å². The Hall–Kier alpha value is -3.31. The molecule has 2 aliphatic rings. The van der Waals surface area contributed by atoms with Gasteiger partial charge in [0.05, 0.1) is 12.0 Å². The second-order valence-corrected chi connectivity index (χ2v) is 10.2. The minimum atomic E-state index is -0.534. The number of allylic oxidation sites excluding steroid dienone is 1. The lowest BCUT2D eigenvalue weighted by Gasteiger charge is -2.36. The van der Waals surface area contributed by atoms with E-state index in [1.54, 1.807) is 11.8 Å². The molecule has 0 spiro atoms. The maximum absolute atomic E-state index is 14.0. The Kier molecular flexibility index (Phi) is 6.54. The predicted molar refractivity (Wildman–Crippen MR) is 136 cm³/mol. The highest BCUT2D eigenvalue weighted by atomic mass is 32.2. The molecular formula is C29H27NO3S. The van der Waals surface area contributed by atoms with Crippen molar-refractivity contribution < 1.29 is 14.3 Å². The van der Waals surface area contributed by atoms with Crippen molar-refractivity contribution in [2.24, 2.45) is 5.92 Å². The molecule has 2 aliphatic heterocycles. The van der Waals surface area contributed by atoms with E-state index in [1.807, 2.05) is 66.7 Å². The monoisotopic (exact) mass is 469 g/mol. The number of carbonyl (C=O) groups excluding carboxylic acids is 2. The minimum Gasteiger partial charge on any atom is -0.447 e. The number of nitrogens with zero attached hydrogens (tertiary/aromatic N) is 1. The first kappa shape index (κ1) is 22.5. The lowest BCUT2D eigenvalue weighted by molar-refractivity contribution is -0.133. The van der Waals surface area contributed by atoms with Crippen molar-refractivity contribution in [2.45, 2.75) is 30.6 Å². The van der Waals surface area contributed by atoms with E-state index in [1.165, 1.54) is 4.90 Å². The van der Waals surface area contributed by atoms with Gasteiger partial charge in [-0.05, 0) is 23.1 Å². The van der Waals surface area contributed by atoms with Gasteiger partial charge in [0.25, 0.3) is 0 Å². The summed E-state index contributed by atoms with van der Waals surface area (Å²) in [5, 5.41) is -0.0105. The molecule has 0 saturated carbocycles. The van der Waals surface area contributed by atoms with E-state index < -0.39 is 6.09 Å². The number of amides is 2. The molecule has 3 aromatic carbocycles. The zero-order chi connectivity index (χ0) is 23.5. The normalized spacial score (nSPS) is 24.4. The molecule has 4 atom stereocenters. The van der Waals surface area contributed by atoms with Crippen LogP contribution in [0.1, 0.15) is 29.5 Å². The fourth-order valence-corrected chi connectivity index (χ4v) is 6.23. The molecule has 3 aromatic rings. The average Bonchev–Trinajstić information content (AvgIpc) is 3.24. The second kappa shape index (κ2) is 9.90. The van der Waals surface area contributed by atoms with E-state index in [0.717, 1.165) is 21.6 Å². The van der Waals surface area contributed by atoms with Crippen LogP contribution in [0.3, 0.4) is 0 Å². The molecule has 2 heterocycles. The Bertz CT molecular complexity index is 1180. The summed E-state index contributed by atoms with van der Waals surface area (Å²) in [5.74, 6) is -0.657. The van der Waals surface area contributed by atoms with Crippen LogP contribution in [-0.4, -0.2) is 34.8 Å². The maximum atomic E-state index is 14.0. The quantitative estimate of drug-likeness (QED) is 0.449. The summed E-state index contributed by atoms with van der Waals surface area (Å²) >= 11 is 1.70. The molecule has 0 unspecified atom stereocenters. The third kappa shape index (κ3) is 4.53. The first-order chi connectivity index (χ1) is 16.6. The van der Waals surface area contributed by atoms with Gasteiger partial charge in [-0.25, -0.2) is 9.69 Å². The Morgan fingerprint density at radius 1 is 0.941 bits per heavy atom. The Labute approximate surface area is 204 Å². The molecule has 0 N–H and O–H groups in total. The fraction of sp³-hybridized carbons (Fsp3) is 0.241. The molecule has 0 bridgehead atoms. The molecule has 1 saturated heterocycles. The molecule has 4 nitrogen and oxygen atoms in total. The van der Waals surface area contributed by atoms with Crippen molar-refractivity contribution in [2.75, 3.05) is 6.61 Å². The summed E-state index contributed by atoms with van der Waals surface area (Å²) < 4.78 is 5.37. The second-order valence-electron chi connectivity index (χ2n) is 8.81. The van der Waals surface area contributed by atoms with E-state index in [4.69, 9.17) is 4.74 Å². The van der Waals surface area contributed by atoms with Crippen LogP contribution < -0.4 is 0 Å². The minimum absolute atomic E-state index is 0.0105. The van der Waals surface area contributed by atoms with Crippen molar-refractivity contribution in [3.8, 4) is 0 Å². The van der Waals surface area contributed by atoms with Gasteiger partial charge in [-0.15, -0.1) is 11.8 Å². The van der Waals surface area contributed by atoms with E-state index >= 15 is 0 Å². The smallest absolute Gasteiger partial charge is 0.416 e. The van der Waals surface area contributed by atoms with Crippen LogP contribution in [0.25, 0.3) is 4.91 Å². The average molecular weight is 470 g/mol. The standard InChI is InChI=1S/C29H27NO3S/c1-20-27(28(31)30-24(19-33-29(30)32)17-21-11-5-2-6-12-21)25(22-13-7-3-8-14-22)18-26(34-20)23-15-9-4-10-16-23/h2-16,18,20,24-25,27H,17,19H2,1H3/t20-,24+,25-,27-/m1/s1. The van der Waals surface area contributed by atoms with Gasteiger partial charge in [0.2, 0.25) is 5.91 Å². The molecular weight excluding hydrogens is 442 g/mol. The highest BCUT2D eigenvalue weighted by Crippen LogP contribution is 2.47. The summed E-state index contributed by atoms with van der Waals surface area (Å²) in [5.41, 5.74) is 3.31. The maximum Gasteiger partial charge on any atom is 0.416 e. The van der Waals surface area contributed by atoms with Gasteiger partial charge in [-0.2, -0.15) is 0 Å². The zero-order valence-corrected chi connectivity index (χ0v) is 19.9. The molecule has 172 valence electrons. The topological polar surface area (TPSA) is 46.6 Å². The van der Waals surface area contributed by atoms with Gasteiger partial charge in [-0.1, -0.05) is 104 Å². The number of ether oxygens (including phenoxy) is 1. The predicted octanol–water partition coefficient (Wildman–Crippen LogP) is 6.15. The first-order valence-electron chi connectivity index (χ1n) is 11.6. The van der Waals surface area contributed by atoms with Crippen LogP contribution in [0.5, 0.6) is 0 Å². The Balaban J connectivity index is 1.49. The first-order valence-corrected chi connectivity index (χ1v) is 12.5. The van der Waals surface area contributed by atoms with Crippen molar-refractivity contribution >= 4 is 28.7 Å². The molecule has 0 aliphatic carbocycles. The number of thioether (sulfide) groups is 1. The third-order valence-corrected chi connectivity index (χ3v) is 7.87. The number of imide groups is 1. The number of cyclic esters (lactones) is 1. The van der Waals surface area contributed by atoms with Gasteiger partial charge in [0.1, 0.15) is 6.61 Å². The molecule has 0 radical (unpaired) electrons. The van der Waals surface area contributed by atoms with Gasteiger partial charge < -0.3 is 4.74 Å². The highest BCUT2D eigenvalue weighted by Gasteiger charge is 2.46. The van der Waals surface area contributed by atoms with Gasteiger partial charge in [-0.3, -0.25) is 4.79 Å². The largest absolute Gasteiger partial charge is 0.447 e.